The zero-order valence-electron chi connectivity index (χ0n) is 18.6. The highest BCUT2D eigenvalue weighted by molar-refractivity contribution is 5.80. The molecule has 0 saturated heterocycles. The van der Waals surface area contributed by atoms with Crippen molar-refractivity contribution in [2.75, 3.05) is 33.4 Å². The Morgan fingerprint density at radius 2 is 1.72 bits per heavy atom. The third-order valence-electron chi connectivity index (χ3n) is 4.74. The number of ether oxygens (including phenoxy) is 3. The standard InChI is InChI=1S/C21H38N2O6/c1-6-27-19(25)11-13-22-15-17(24)12-14-28-18-9-7-16(8-10-18)23(5)20(26)29-21(2,3)4/h16,18,22H,6-15H2,1-5H3. The molecule has 29 heavy (non-hydrogen) atoms. The number of Topliss-reactive ketones (excluding diaryl/α,β-unsaturated/α-hetero) is 1. The SMILES string of the molecule is CCOC(=O)CCNCC(=O)CCOC1CCC(N(C)C(=O)OC(C)(C)C)CC1. The van der Waals surface area contributed by atoms with Crippen LogP contribution in [-0.4, -0.2) is 73.8 Å². The predicted octanol–water partition coefficient (Wildman–Crippen LogP) is 2.68. The topological polar surface area (TPSA) is 94.2 Å². The van der Waals surface area contributed by atoms with E-state index in [4.69, 9.17) is 14.2 Å². The van der Waals surface area contributed by atoms with Crippen LogP contribution in [-0.2, 0) is 23.8 Å². The molecule has 1 saturated carbocycles. The Morgan fingerprint density at radius 1 is 1.07 bits per heavy atom. The first-order valence-electron chi connectivity index (χ1n) is 10.6. The van der Waals surface area contributed by atoms with Crippen LogP contribution in [0.25, 0.3) is 0 Å². The Hall–Kier alpha value is -1.67. The zero-order valence-corrected chi connectivity index (χ0v) is 18.6. The number of carbonyl (C=O) groups is 3. The fourth-order valence-electron chi connectivity index (χ4n) is 3.16. The second-order valence-electron chi connectivity index (χ2n) is 8.41. The van der Waals surface area contributed by atoms with Crippen molar-refractivity contribution in [3.8, 4) is 0 Å². The Labute approximate surface area is 174 Å². The van der Waals surface area contributed by atoms with Crippen LogP contribution < -0.4 is 5.32 Å². The first-order valence-corrected chi connectivity index (χ1v) is 10.6. The van der Waals surface area contributed by atoms with Crippen molar-refractivity contribution in [2.24, 2.45) is 0 Å². The normalized spacial score (nSPS) is 19.5. The van der Waals surface area contributed by atoms with Gasteiger partial charge in [-0.05, 0) is 53.4 Å². The van der Waals surface area contributed by atoms with Crippen molar-refractivity contribution in [1.29, 1.82) is 0 Å². The molecule has 0 aromatic carbocycles. The molecular weight excluding hydrogens is 376 g/mol. The van der Waals surface area contributed by atoms with Gasteiger partial charge in [0.15, 0.2) is 0 Å². The van der Waals surface area contributed by atoms with Gasteiger partial charge in [-0.3, -0.25) is 9.59 Å². The Balaban J connectivity index is 2.14. The molecule has 168 valence electrons. The van der Waals surface area contributed by atoms with E-state index < -0.39 is 5.60 Å². The van der Waals surface area contributed by atoms with E-state index in [0.29, 0.717) is 26.2 Å². The van der Waals surface area contributed by atoms with Gasteiger partial charge in [-0.1, -0.05) is 0 Å². The van der Waals surface area contributed by atoms with Crippen molar-refractivity contribution >= 4 is 17.8 Å². The van der Waals surface area contributed by atoms with Gasteiger partial charge in [0.2, 0.25) is 0 Å². The van der Waals surface area contributed by atoms with Crippen LogP contribution in [0, 0.1) is 0 Å². The molecule has 0 aromatic heterocycles. The lowest BCUT2D eigenvalue weighted by atomic mass is 9.92. The van der Waals surface area contributed by atoms with E-state index in [-0.39, 0.29) is 43.0 Å². The summed E-state index contributed by atoms with van der Waals surface area (Å²) < 4.78 is 16.1. The lowest BCUT2D eigenvalue weighted by Crippen LogP contribution is -2.43. The number of esters is 1. The molecule has 0 radical (unpaired) electrons. The number of amides is 1. The predicted molar refractivity (Wildman–Crippen MR) is 110 cm³/mol. The summed E-state index contributed by atoms with van der Waals surface area (Å²) >= 11 is 0. The minimum atomic E-state index is -0.494. The Morgan fingerprint density at radius 3 is 2.31 bits per heavy atom. The quantitative estimate of drug-likeness (QED) is 0.410. The van der Waals surface area contributed by atoms with Gasteiger partial charge in [-0.15, -0.1) is 0 Å². The van der Waals surface area contributed by atoms with Gasteiger partial charge in [0.25, 0.3) is 0 Å². The number of rotatable bonds is 11. The van der Waals surface area contributed by atoms with Gasteiger partial charge in [0, 0.05) is 26.1 Å². The monoisotopic (exact) mass is 414 g/mol. The van der Waals surface area contributed by atoms with E-state index in [1.54, 1.807) is 18.9 Å². The molecule has 0 heterocycles. The van der Waals surface area contributed by atoms with Gasteiger partial charge < -0.3 is 24.4 Å². The third kappa shape index (κ3) is 11.2. The molecule has 1 amide bonds. The van der Waals surface area contributed by atoms with E-state index in [1.165, 1.54) is 0 Å². The maximum atomic E-state index is 12.2. The molecular formula is C21H38N2O6. The number of nitrogens with zero attached hydrogens (tertiary/aromatic N) is 1. The molecule has 1 rings (SSSR count). The summed E-state index contributed by atoms with van der Waals surface area (Å²) in [4.78, 5) is 36.9. The van der Waals surface area contributed by atoms with E-state index in [2.05, 4.69) is 5.32 Å². The molecule has 8 nitrogen and oxygen atoms in total. The first-order chi connectivity index (χ1) is 13.6. The summed E-state index contributed by atoms with van der Waals surface area (Å²) in [7, 11) is 1.79. The fourth-order valence-corrected chi connectivity index (χ4v) is 3.16. The van der Waals surface area contributed by atoms with Gasteiger partial charge in [-0.25, -0.2) is 4.79 Å². The number of carbonyl (C=O) groups excluding carboxylic acids is 3. The van der Waals surface area contributed by atoms with Crippen molar-refractivity contribution in [3.05, 3.63) is 0 Å². The highest BCUT2D eigenvalue weighted by Gasteiger charge is 2.29. The van der Waals surface area contributed by atoms with Crippen LogP contribution in [0.3, 0.4) is 0 Å². The molecule has 1 aliphatic carbocycles. The van der Waals surface area contributed by atoms with Crippen molar-refractivity contribution in [2.45, 2.75) is 84.0 Å². The van der Waals surface area contributed by atoms with Crippen LogP contribution in [0.1, 0.15) is 66.2 Å². The lowest BCUT2D eigenvalue weighted by Gasteiger charge is -2.35. The van der Waals surface area contributed by atoms with Gasteiger partial charge >= 0.3 is 12.1 Å². The molecule has 1 N–H and O–H groups in total. The van der Waals surface area contributed by atoms with Crippen LogP contribution in [0.4, 0.5) is 4.79 Å². The van der Waals surface area contributed by atoms with Crippen molar-refractivity contribution in [1.82, 2.24) is 10.2 Å². The maximum Gasteiger partial charge on any atom is 0.410 e. The molecule has 0 aromatic rings. The minimum absolute atomic E-state index is 0.0622. The number of nitrogens with one attached hydrogen (secondary N) is 1. The van der Waals surface area contributed by atoms with E-state index in [0.717, 1.165) is 25.7 Å². The maximum absolute atomic E-state index is 12.2. The molecule has 8 heteroatoms. The molecule has 0 bridgehead atoms. The summed E-state index contributed by atoms with van der Waals surface area (Å²) in [6.07, 6.45) is 3.91. The average Bonchev–Trinajstić information content (AvgIpc) is 2.64. The second-order valence-corrected chi connectivity index (χ2v) is 8.41. The average molecular weight is 415 g/mol. The van der Waals surface area contributed by atoms with Gasteiger partial charge in [-0.2, -0.15) is 0 Å². The van der Waals surface area contributed by atoms with Crippen molar-refractivity contribution in [3.63, 3.8) is 0 Å². The molecule has 1 fully saturated rings. The van der Waals surface area contributed by atoms with E-state index >= 15 is 0 Å². The second kappa shape index (κ2) is 12.8. The third-order valence-corrected chi connectivity index (χ3v) is 4.74. The summed E-state index contributed by atoms with van der Waals surface area (Å²) in [5.74, 6) is -0.198. The molecule has 0 atom stereocenters. The minimum Gasteiger partial charge on any atom is -0.466 e. The summed E-state index contributed by atoms with van der Waals surface area (Å²) in [6, 6.07) is 0.162. The van der Waals surface area contributed by atoms with E-state index in [1.807, 2.05) is 20.8 Å². The van der Waals surface area contributed by atoms with E-state index in [9.17, 15) is 14.4 Å². The summed E-state index contributed by atoms with van der Waals surface area (Å²) in [5.41, 5.74) is -0.494. The highest BCUT2D eigenvalue weighted by Crippen LogP contribution is 2.25. The molecule has 0 aliphatic heterocycles. The Bertz CT molecular complexity index is 524. The molecule has 0 unspecified atom stereocenters. The van der Waals surface area contributed by atoms with Crippen LogP contribution in [0.5, 0.6) is 0 Å². The smallest absolute Gasteiger partial charge is 0.410 e. The lowest BCUT2D eigenvalue weighted by molar-refractivity contribution is -0.143. The van der Waals surface area contributed by atoms with Gasteiger partial charge in [0.1, 0.15) is 11.4 Å². The summed E-state index contributed by atoms with van der Waals surface area (Å²) in [5, 5.41) is 2.95. The van der Waals surface area contributed by atoms with Crippen LogP contribution >= 0.6 is 0 Å². The van der Waals surface area contributed by atoms with Crippen molar-refractivity contribution < 1.29 is 28.6 Å². The summed E-state index contributed by atoms with van der Waals surface area (Å²) in [6.45, 7) is 8.78. The highest BCUT2D eigenvalue weighted by atomic mass is 16.6. The first kappa shape index (κ1) is 25.4. The number of ketones is 1. The number of hydrogen-bond acceptors (Lipinski definition) is 7. The van der Waals surface area contributed by atoms with Crippen LogP contribution in [0.2, 0.25) is 0 Å². The fraction of sp³-hybridized carbons (Fsp3) is 0.857. The van der Waals surface area contributed by atoms with Crippen LogP contribution in [0.15, 0.2) is 0 Å². The number of hydrogen-bond donors (Lipinski definition) is 1. The van der Waals surface area contributed by atoms with Gasteiger partial charge in [0.05, 0.1) is 32.3 Å². The largest absolute Gasteiger partial charge is 0.466 e. The Kier molecular flexibility index (Phi) is 11.2. The molecule has 1 aliphatic rings. The zero-order chi connectivity index (χ0) is 21.9. The molecule has 0 spiro atoms.